The van der Waals surface area contributed by atoms with E-state index in [4.69, 9.17) is 9.47 Å². The Balaban J connectivity index is 1.61. The van der Waals surface area contributed by atoms with Crippen molar-refractivity contribution < 1.29 is 23.5 Å². The summed E-state index contributed by atoms with van der Waals surface area (Å²) >= 11 is 3.19. The third-order valence-electron chi connectivity index (χ3n) is 4.94. The number of nitrogens with zero attached hydrogens (tertiary/aromatic N) is 1. The first-order valence-electron chi connectivity index (χ1n) is 9.19. The number of hydrogen-bond donors (Lipinski definition) is 1. The van der Waals surface area contributed by atoms with Gasteiger partial charge in [-0.1, -0.05) is 15.9 Å². The van der Waals surface area contributed by atoms with Gasteiger partial charge in [0, 0.05) is 35.1 Å². The highest BCUT2D eigenvalue weighted by Crippen LogP contribution is 2.26. The molecule has 0 atom stereocenters. The summed E-state index contributed by atoms with van der Waals surface area (Å²) in [5.41, 5.74) is 0.626. The van der Waals surface area contributed by atoms with Crippen molar-refractivity contribution in [3.63, 3.8) is 0 Å². The predicted molar refractivity (Wildman–Crippen MR) is 111 cm³/mol. The fourth-order valence-corrected chi connectivity index (χ4v) is 3.62. The Labute approximate surface area is 177 Å². The molecule has 1 fully saturated rings. The van der Waals surface area contributed by atoms with Gasteiger partial charge in [-0.3, -0.25) is 9.59 Å². The van der Waals surface area contributed by atoms with Crippen LogP contribution in [-0.2, 0) is 4.79 Å². The van der Waals surface area contributed by atoms with Crippen molar-refractivity contribution in [2.75, 3.05) is 32.6 Å². The van der Waals surface area contributed by atoms with Gasteiger partial charge in [-0.05, 0) is 43.2 Å². The van der Waals surface area contributed by atoms with E-state index < -0.39 is 5.82 Å². The van der Waals surface area contributed by atoms with Gasteiger partial charge in [-0.2, -0.15) is 0 Å². The highest BCUT2D eigenvalue weighted by atomic mass is 79.9. The molecule has 0 radical (unpaired) electrons. The first-order chi connectivity index (χ1) is 13.9. The highest BCUT2D eigenvalue weighted by Gasteiger charge is 2.28. The summed E-state index contributed by atoms with van der Waals surface area (Å²) in [5, 5.41) is 2.64. The summed E-state index contributed by atoms with van der Waals surface area (Å²) in [4.78, 5) is 27.0. The molecule has 0 aromatic heterocycles. The van der Waals surface area contributed by atoms with E-state index in [1.165, 1.54) is 26.4 Å². The second kappa shape index (κ2) is 9.26. The van der Waals surface area contributed by atoms with E-state index in [1.807, 2.05) is 0 Å². The van der Waals surface area contributed by atoms with E-state index in [1.54, 1.807) is 29.2 Å². The number of rotatable bonds is 5. The third kappa shape index (κ3) is 5.06. The Hall–Kier alpha value is -2.61. The minimum atomic E-state index is -0.493. The van der Waals surface area contributed by atoms with E-state index in [0.29, 0.717) is 47.5 Å². The maximum Gasteiger partial charge on any atom is 0.254 e. The molecule has 1 aliphatic heterocycles. The second-order valence-corrected chi connectivity index (χ2v) is 7.70. The van der Waals surface area contributed by atoms with Crippen LogP contribution in [0.2, 0.25) is 0 Å². The summed E-state index contributed by atoms with van der Waals surface area (Å²) in [7, 11) is 3.06. The molecule has 154 valence electrons. The van der Waals surface area contributed by atoms with Gasteiger partial charge in [-0.15, -0.1) is 0 Å². The average molecular weight is 465 g/mol. The number of benzene rings is 2. The number of piperidine rings is 1. The number of amides is 2. The number of carbonyl (C=O) groups is 2. The zero-order valence-corrected chi connectivity index (χ0v) is 17.8. The largest absolute Gasteiger partial charge is 0.497 e. The van der Waals surface area contributed by atoms with Crippen LogP contribution in [-0.4, -0.2) is 44.0 Å². The zero-order valence-electron chi connectivity index (χ0n) is 16.2. The molecule has 2 amide bonds. The first-order valence-corrected chi connectivity index (χ1v) is 9.99. The molecule has 6 nitrogen and oxygen atoms in total. The van der Waals surface area contributed by atoms with Crippen molar-refractivity contribution in [2.24, 2.45) is 5.92 Å². The number of hydrogen-bond acceptors (Lipinski definition) is 4. The molecular weight excluding hydrogens is 443 g/mol. The molecule has 3 rings (SSSR count). The number of carbonyl (C=O) groups excluding carboxylic acids is 2. The van der Waals surface area contributed by atoms with E-state index in [-0.39, 0.29) is 23.4 Å². The summed E-state index contributed by atoms with van der Waals surface area (Å²) in [5.74, 6) is -0.0624. The lowest BCUT2D eigenvalue weighted by atomic mass is 9.95. The topological polar surface area (TPSA) is 67.9 Å². The molecule has 29 heavy (non-hydrogen) atoms. The first kappa shape index (κ1) is 21.1. The monoisotopic (exact) mass is 464 g/mol. The quantitative estimate of drug-likeness (QED) is 0.723. The number of anilines is 1. The summed E-state index contributed by atoms with van der Waals surface area (Å²) < 4.78 is 25.0. The van der Waals surface area contributed by atoms with Gasteiger partial charge in [0.15, 0.2) is 0 Å². The molecule has 0 saturated carbocycles. The molecule has 2 aromatic rings. The van der Waals surface area contributed by atoms with Gasteiger partial charge in [-0.25, -0.2) is 4.39 Å². The van der Waals surface area contributed by atoms with Crippen molar-refractivity contribution in [3.8, 4) is 11.5 Å². The van der Waals surface area contributed by atoms with Crippen LogP contribution in [0.15, 0.2) is 40.9 Å². The molecule has 8 heteroatoms. The van der Waals surface area contributed by atoms with Crippen LogP contribution in [0.1, 0.15) is 23.2 Å². The number of halogens is 2. The van der Waals surface area contributed by atoms with Crippen molar-refractivity contribution in [2.45, 2.75) is 12.8 Å². The molecule has 2 aromatic carbocycles. The Bertz CT molecular complexity index is 891. The van der Waals surface area contributed by atoms with Gasteiger partial charge in [0.05, 0.1) is 19.9 Å². The molecule has 0 spiro atoms. The van der Waals surface area contributed by atoms with E-state index in [2.05, 4.69) is 21.2 Å². The van der Waals surface area contributed by atoms with Crippen molar-refractivity contribution in [1.82, 2.24) is 4.90 Å². The number of likely N-dealkylation sites (tertiary alicyclic amines) is 1. The summed E-state index contributed by atoms with van der Waals surface area (Å²) in [6.45, 7) is 0.887. The van der Waals surface area contributed by atoms with Crippen LogP contribution >= 0.6 is 15.9 Å². The fraction of sp³-hybridized carbons (Fsp3) is 0.333. The average Bonchev–Trinajstić information content (AvgIpc) is 2.74. The van der Waals surface area contributed by atoms with Crippen LogP contribution in [0.4, 0.5) is 10.1 Å². The lowest BCUT2D eigenvalue weighted by Crippen LogP contribution is -2.41. The maximum absolute atomic E-state index is 13.9. The van der Waals surface area contributed by atoms with Crippen LogP contribution in [0.25, 0.3) is 0 Å². The third-order valence-corrected chi connectivity index (χ3v) is 5.43. The molecule has 0 aliphatic carbocycles. The molecule has 1 aliphatic rings. The zero-order chi connectivity index (χ0) is 21.0. The molecule has 1 heterocycles. The number of ether oxygens (including phenoxy) is 2. The van der Waals surface area contributed by atoms with Crippen LogP contribution in [0.3, 0.4) is 0 Å². The Morgan fingerprint density at radius 2 is 1.69 bits per heavy atom. The molecule has 1 saturated heterocycles. The Morgan fingerprint density at radius 3 is 2.24 bits per heavy atom. The van der Waals surface area contributed by atoms with Crippen molar-refractivity contribution in [3.05, 3.63) is 52.3 Å². The Kier molecular flexibility index (Phi) is 6.74. The number of nitrogens with one attached hydrogen (secondary N) is 1. The van der Waals surface area contributed by atoms with Gasteiger partial charge in [0.2, 0.25) is 5.91 Å². The SMILES string of the molecule is COc1cc(OC)cc(C(=O)N2CCC(C(=O)Nc3ccc(Br)cc3F)CC2)c1. The maximum atomic E-state index is 13.9. The van der Waals surface area contributed by atoms with Gasteiger partial charge in [0.25, 0.3) is 5.91 Å². The predicted octanol–water partition coefficient (Wildman–Crippen LogP) is 4.10. The summed E-state index contributed by atoms with van der Waals surface area (Å²) in [6.07, 6.45) is 1.02. The lowest BCUT2D eigenvalue weighted by molar-refractivity contribution is -0.121. The van der Waals surface area contributed by atoms with Crippen LogP contribution in [0.5, 0.6) is 11.5 Å². The van der Waals surface area contributed by atoms with E-state index >= 15 is 0 Å². The number of methoxy groups -OCH3 is 2. The van der Waals surface area contributed by atoms with Crippen LogP contribution in [0, 0.1) is 11.7 Å². The van der Waals surface area contributed by atoms with Crippen molar-refractivity contribution >= 4 is 33.4 Å². The molecular formula is C21H22BrFN2O4. The smallest absolute Gasteiger partial charge is 0.254 e. The van der Waals surface area contributed by atoms with E-state index in [0.717, 1.165) is 0 Å². The van der Waals surface area contributed by atoms with Crippen LogP contribution < -0.4 is 14.8 Å². The second-order valence-electron chi connectivity index (χ2n) is 6.78. The fourth-order valence-electron chi connectivity index (χ4n) is 3.28. The lowest BCUT2D eigenvalue weighted by Gasteiger charge is -2.31. The molecule has 0 bridgehead atoms. The normalized spacial score (nSPS) is 14.4. The highest BCUT2D eigenvalue weighted by molar-refractivity contribution is 9.10. The molecule has 1 N–H and O–H groups in total. The molecule has 0 unspecified atom stereocenters. The standard InChI is InChI=1S/C21H22BrFN2O4/c1-28-16-9-14(10-17(12-16)29-2)21(27)25-7-5-13(6-8-25)20(26)24-19-4-3-15(22)11-18(19)23/h3-4,9-13H,5-8H2,1-2H3,(H,24,26). The minimum absolute atomic E-state index is 0.139. The van der Waals surface area contributed by atoms with E-state index in [9.17, 15) is 14.0 Å². The Morgan fingerprint density at radius 1 is 1.07 bits per heavy atom. The van der Waals surface area contributed by atoms with Gasteiger partial charge >= 0.3 is 0 Å². The van der Waals surface area contributed by atoms with Gasteiger partial charge in [0.1, 0.15) is 17.3 Å². The van der Waals surface area contributed by atoms with Gasteiger partial charge < -0.3 is 19.7 Å². The summed E-state index contributed by atoms with van der Waals surface area (Å²) in [6, 6.07) is 9.53. The van der Waals surface area contributed by atoms with Crippen molar-refractivity contribution in [1.29, 1.82) is 0 Å². The minimum Gasteiger partial charge on any atom is -0.497 e.